The van der Waals surface area contributed by atoms with E-state index in [1.165, 1.54) is 25.3 Å². The molecular weight excluding hydrogens is 336 g/mol. The molecule has 0 spiro atoms. The monoisotopic (exact) mass is 352 g/mol. The summed E-state index contributed by atoms with van der Waals surface area (Å²) in [6.07, 6.45) is 3.73. The van der Waals surface area contributed by atoms with Crippen LogP contribution in [0, 0.1) is 11.8 Å². The molecule has 26 heavy (non-hydrogen) atoms. The lowest BCUT2D eigenvalue weighted by molar-refractivity contribution is -0.142. The molecule has 6 atom stereocenters. The number of methoxy groups -OCH3 is 2. The predicted molar refractivity (Wildman–Crippen MR) is 86.8 cm³/mol. The molecule has 1 fully saturated rings. The number of rotatable bonds is 2. The maximum absolute atomic E-state index is 12.3. The van der Waals surface area contributed by atoms with Gasteiger partial charge in [0.1, 0.15) is 12.2 Å². The molecule has 6 nitrogen and oxygen atoms in total. The van der Waals surface area contributed by atoms with E-state index in [9.17, 15) is 9.59 Å². The van der Waals surface area contributed by atoms with Crippen LogP contribution in [0.2, 0.25) is 0 Å². The lowest BCUT2D eigenvalue weighted by atomic mass is 9.59. The fraction of sp³-hybridized carbons (Fsp3) is 0.400. The van der Waals surface area contributed by atoms with E-state index in [1.54, 1.807) is 0 Å². The van der Waals surface area contributed by atoms with E-state index >= 15 is 0 Å². The number of carbonyl (C=O) groups excluding carboxylic acids is 2. The molecule has 4 aliphatic heterocycles. The van der Waals surface area contributed by atoms with Crippen LogP contribution in [-0.4, -0.2) is 26.2 Å². The zero-order valence-electron chi connectivity index (χ0n) is 14.2. The van der Waals surface area contributed by atoms with E-state index in [0.29, 0.717) is 11.1 Å². The van der Waals surface area contributed by atoms with Crippen LogP contribution in [0.3, 0.4) is 0 Å². The first-order valence-corrected chi connectivity index (χ1v) is 8.71. The first-order chi connectivity index (χ1) is 12.6. The molecule has 0 radical (unpaired) electrons. The number of hydrogen-bond acceptors (Lipinski definition) is 6. The van der Waals surface area contributed by atoms with Crippen molar-refractivity contribution in [3.05, 3.63) is 57.7 Å². The Bertz CT molecular complexity index is 884. The second kappa shape index (κ2) is 4.64. The predicted octanol–water partition coefficient (Wildman–Crippen LogP) is 2.38. The molecule has 4 heterocycles. The zero-order valence-corrected chi connectivity index (χ0v) is 14.2. The number of fused-ring (bicyclic) bond motifs is 13. The number of benzene rings is 1. The van der Waals surface area contributed by atoms with Crippen molar-refractivity contribution < 1.29 is 28.5 Å². The normalized spacial score (nSPS) is 36.5. The summed E-state index contributed by atoms with van der Waals surface area (Å²) in [5.74, 6) is -1.25. The molecule has 6 heteroatoms. The van der Waals surface area contributed by atoms with Crippen molar-refractivity contribution in [2.45, 2.75) is 24.4 Å². The SMILES string of the molecule is COC(=O)C1=C(C(=O)OC)[C@H]2[C@@H]1[C@H]1O[C@@H]2c2cc3c(cc21)[C@@H]1C=C[C@H]3O1. The van der Waals surface area contributed by atoms with E-state index in [-0.39, 0.29) is 36.3 Å². The van der Waals surface area contributed by atoms with Gasteiger partial charge in [-0.2, -0.15) is 0 Å². The minimum absolute atomic E-state index is 0.0119. The van der Waals surface area contributed by atoms with Crippen molar-refractivity contribution in [1.29, 1.82) is 0 Å². The highest BCUT2D eigenvalue weighted by molar-refractivity contribution is 6.05. The molecular formula is C20H16O6. The van der Waals surface area contributed by atoms with Crippen LogP contribution in [0.4, 0.5) is 0 Å². The van der Waals surface area contributed by atoms with Crippen LogP contribution in [-0.2, 0) is 28.5 Å². The van der Waals surface area contributed by atoms with Gasteiger partial charge < -0.3 is 18.9 Å². The number of carbonyl (C=O) groups is 2. The molecule has 0 unspecified atom stereocenters. The van der Waals surface area contributed by atoms with Crippen LogP contribution in [0.15, 0.2) is 35.4 Å². The molecule has 0 N–H and O–H groups in total. The van der Waals surface area contributed by atoms with Crippen LogP contribution in [0.1, 0.15) is 46.7 Å². The molecule has 1 saturated heterocycles. The molecule has 6 rings (SSSR count). The average molecular weight is 352 g/mol. The van der Waals surface area contributed by atoms with Crippen molar-refractivity contribution in [3.8, 4) is 0 Å². The summed E-state index contributed by atoms with van der Waals surface area (Å²) in [6.45, 7) is 0. The van der Waals surface area contributed by atoms with Crippen molar-refractivity contribution in [3.63, 3.8) is 0 Å². The first-order valence-electron chi connectivity index (χ1n) is 8.71. The van der Waals surface area contributed by atoms with E-state index in [2.05, 4.69) is 24.3 Å². The Morgan fingerprint density at radius 2 is 1.23 bits per heavy atom. The molecule has 132 valence electrons. The summed E-state index contributed by atoms with van der Waals surface area (Å²) in [7, 11) is 2.65. The van der Waals surface area contributed by atoms with Crippen molar-refractivity contribution in [1.82, 2.24) is 0 Å². The van der Waals surface area contributed by atoms with E-state index < -0.39 is 11.9 Å². The highest BCUT2D eigenvalue weighted by Crippen LogP contribution is 2.68. The summed E-state index contributed by atoms with van der Waals surface area (Å²) >= 11 is 0. The smallest absolute Gasteiger partial charge is 0.334 e. The quantitative estimate of drug-likeness (QED) is 0.601. The third kappa shape index (κ3) is 1.48. The van der Waals surface area contributed by atoms with Gasteiger partial charge in [0.25, 0.3) is 0 Å². The third-order valence-electron chi connectivity index (χ3n) is 6.37. The van der Waals surface area contributed by atoms with Crippen LogP contribution >= 0.6 is 0 Å². The summed E-state index contributed by atoms with van der Waals surface area (Å²) in [6, 6.07) is 4.31. The van der Waals surface area contributed by atoms with Gasteiger partial charge in [0.05, 0.1) is 37.6 Å². The summed E-state index contributed by atoms with van der Waals surface area (Å²) in [5, 5.41) is 0. The Balaban J connectivity index is 1.47. The third-order valence-corrected chi connectivity index (χ3v) is 6.37. The van der Waals surface area contributed by atoms with Gasteiger partial charge in [-0.05, 0) is 34.4 Å². The number of esters is 2. The highest BCUT2D eigenvalue weighted by Gasteiger charge is 2.64. The maximum atomic E-state index is 12.3. The van der Waals surface area contributed by atoms with E-state index in [0.717, 1.165) is 11.1 Å². The second-order valence-corrected chi connectivity index (χ2v) is 7.31. The van der Waals surface area contributed by atoms with Crippen molar-refractivity contribution in [2.75, 3.05) is 14.2 Å². The van der Waals surface area contributed by atoms with E-state index in [1.807, 2.05) is 0 Å². The Morgan fingerprint density at radius 1 is 0.769 bits per heavy atom. The van der Waals surface area contributed by atoms with Crippen molar-refractivity contribution >= 4 is 11.9 Å². The molecule has 0 amide bonds. The molecule has 0 saturated carbocycles. The topological polar surface area (TPSA) is 71.1 Å². The fourth-order valence-corrected chi connectivity index (χ4v) is 5.33. The standard InChI is InChI=1S/C20H16O6/c1-23-19(21)15-13-14(16(15)20(22)24-2)18-10-6-8-7(5-9(10)17(13)26-18)11-3-4-12(8)25-11/h3-6,11-14,17-18H,1-2H3/t11-,12+,13-,14+,17-,18+. The highest BCUT2D eigenvalue weighted by atomic mass is 16.5. The van der Waals surface area contributed by atoms with Crippen LogP contribution in [0.25, 0.3) is 0 Å². The minimum atomic E-state index is -0.476. The van der Waals surface area contributed by atoms with Gasteiger partial charge in [-0.1, -0.05) is 12.2 Å². The first kappa shape index (κ1) is 14.7. The van der Waals surface area contributed by atoms with E-state index in [4.69, 9.17) is 18.9 Å². The zero-order chi connectivity index (χ0) is 17.7. The van der Waals surface area contributed by atoms with Gasteiger partial charge >= 0.3 is 11.9 Å². The van der Waals surface area contributed by atoms with Gasteiger partial charge in [0, 0.05) is 11.8 Å². The molecule has 1 aromatic rings. The molecule has 1 aromatic carbocycles. The summed E-state index contributed by atoms with van der Waals surface area (Å²) < 4.78 is 22.0. The lowest BCUT2D eigenvalue weighted by Gasteiger charge is -2.40. The Labute approximate surface area is 149 Å². The average Bonchev–Trinajstić information content (AvgIpc) is 3.38. The molecule has 0 aromatic heterocycles. The lowest BCUT2D eigenvalue weighted by Crippen LogP contribution is -2.42. The molecule has 4 bridgehead atoms. The molecule has 1 aliphatic carbocycles. The molecule has 5 aliphatic rings. The fourth-order valence-electron chi connectivity index (χ4n) is 5.33. The van der Waals surface area contributed by atoms with Crippen molar-refractivity contribution in [2.24, 2.45) is 11.8 Å². The minimum Gasteiger partial charge on any atom is -0.466 e. The van der Waals surface area contributed by atoms with Gasteiger partial charge in [-0.3, -0.25) is 0 Å². The number of hydrogen-bond donors (Lipinski definition) is 0. The van der Waals surface area contributed by atoms with Crippen LogP contribution < -0.4 is 0 Å². The summed E-state index contributed by atoms with van der Waals surface area (Å²) in [4.78, 5) is 24.5. The largest absolute Gasteiger partial charge is 0.466 e. The maximum Gasteiger partial charge on any atom is 0.334 e. The Morgan fingerprint density at radius 3 is 1.65 bits per heavy atom. The summed E-state index contributed by atoms with van der Waals surface area (Å²) in [5.41, 5.74) is 5.37. The second-order valence-electron chi connectivity index (χ2n) is 7.31. The van der Waals surface area contributed by atoms with Gasteiger partial charge in [-0.15, -0.1) is 0 Å². The number of ether oxygens (including phenoxy) is 4. The Kier molecular flexibility index (Phi) is 2.62. The Hall–Kier alpha value is -2.44. The van der Waals surface area contributed by atoms with Gasteiger partial charge in [0.2, 0.25) is 0 Å². The van der Waals surface area contributed by atoms with Gasteiger partial charge in [0.15, 0.2) is 0 Å². The van der Waals surface area contributed by atoms with Crippen LogP contribution in [0.5, 0.6) is 0 Å². The van der Waals surface area contributed by atoms with Gasteiger partial charge in [-0.25, -0.2) is 9.59 Å².